The Balaban J connectivity index is 1.90. The standard InChI is InChI=1S/C23H24O6/c1-23(2)12-11-17-20(27-4)13-19(25)21(22(17)29-23)18(24)10-7-15-5-8-16(9-6-15)28-14-26-3/h5-13,25H,14H2,1-4H3. The Morgan fingerprint density at radius 3 is 2.59 bits per heavy atom. The van der Waals surface area contributed by atoms with Crippen LogP contribution in [0.15, 0.2) is 42.5 Å². The minimum atomic E-state index is -0.609. The molecule has 2 aromatic carbocycles. The number of methoxy groups -OCH3 is 2. The molecule has 6 heteroatoms. The van der Waals surface area contributed by atoms with Gasteiger partial charge in [-0.15, -0.1) is 0 Å². The van der Waals surface area contributed by atoms with Crippen LogP contribution in [-0.4, -0.2) is 37.5 Å². The normalized spacial score (nSPS) is 14.3. The van der Waals surface area contributed by atoms with E-state index in [4.69, 9.17) is 18.9 Å². The van der Waals surface area contributed by atoms with E-state index in [9.17, 15) is 9.90 Å². The third kappa shape index (κ3) is 4.60. The lowest BCUT2D eigenvalue weighted by Crippen LogP contribution is -2.28. The minimum absolute atomic E-state index is 0.106. The molecule has 0 atom stereocenters. The number of ketones is 1. The molecule has 1 N–H and O–H groups in total. The molecule has 0 saturated heterocycles. The predicted molar refractivity (Wildman–Crippen MR) is 111 cm³/mol. The van der Waals surface area contributed by atoms with Gasteiger partial charge in [0.1, 0.15) is 34.2 Å². The van der Waals surface area contributed by atoms with Crippen molar-refractivity contribution in [3.05, 3.63) is 59.2 Å². The first kappa shape index (κ1) is 20.5. The molecule has 0 saturated carbocycles. The van der Waals surface area contributed by atoms with Crippen LogP contribution in [0.2, 0.25) is 0 Å². The molecule has 29 heavy (non-hydrogen) atoms. The molecule has 2 aromatic rings. The number of benzene rings is 2. The second kappa shape index (κ2) is 8.41. The number of hydrogen-bond acceptors (Lipinski definition) is 6. The maximum atomic E-state index is 12.9. The van der Waals surface area contributed by atoms with Crippen LogP contribution in [0.1, 0.15) is 35.3 Å². The fraction of sp³-hybridized carbons (Fsp3) is 0.261. The van der Waals surface area contributed by atoms with Crippen LogP contribution >= 0.6 is 0 Å². The molecule has 1 heterocycles. The van der Waals surface area contributed by atoms with E-state index in [2.05, 4.69) is 0 Å². The third-order valence-electron chi connectivity index (χ3n) is 4.39. The highest BCUT2D eigenvalue weighted by atomic mass is 16.7. The van der Waals surface area contributed by atoms with Gasteiger partial charge in [0.05, 0.1) is 12.7 Å². The van der Waals surface area contributed by atoms with Crippen molar-refractivity contribution in [3.63, 3.8) is 0 Å². The summed E-state index contributed by atoms with van der Waals surface area (Å²) in [5.74, 6) is 0.861. The Labute approximate surface area is 170 Å². The van der Waals surface area contributed by atoms with Crippen molar-refractivity contribution in [2.24, 2.45) is 0 Å². The molecule has 0 spiro atoms. The lowest BCUT2D eigenvalue weighted by atomic mass is 9.96. The first-order valence-electron chi connectivity index (χ1n) is 9.11. The van der Waals surface area contributed by atoms with E-state index in [1.54, 1.807) is 25.3 Å². The quantitative estimate of drug-likeness (QED) is 0.423. The summed E-state index contributed by atoms with van der Waals surface area (Å²) in [5, 5.41) is 10.5. The lowest BCUT2D eigenvalue weighted by Gasteiger charge is -2.30. The van der Waals surface area contributed by atoms with Gasteiger partial charge in [-0.2, -0.15) is 0 Å². The number of phenolic OH excluding ortho intramolecular Hbond substituents is 1. The third-order valence-corrected chi connectivity index (χ3v) is 4.39. The minimum Gasteiger partial charge on any atom is -0.507 e. The summed E-state index contributed by atoms with van der Waals surface area (Å²) >= 11 is 0. The molecule has 0 bridgehead atoms. The Kier molecular flexibility index (Phi) is 5.94. The Morgan fingerprint density at radius 1 is 1.21 bits per heavy atom. The molecule has 0 radical (unpaired) electrons. The number of phenols is 1. The van der Waals surface area contributed by atoms with E-state index in [0.29, 0.717) is 22.8 Å². The first-order chi connectivity index (χ1) is 13.8. The van der Waals surface area contributed by atoms with Crippen LogP contribution in [0, 0.1) is 0 Å². The maximum Gasteiger partial charge on any atom is 0.193 e. The summed E-state index contributed by atoms with van der Waals surface area (Å²) < 4.78 is 21.5. The average molecular weight is 396 g/mol. The highest BCUT2D eigenvalue weighted by Gasteiger charge is 2.30. The molecule has 1 aliphatic heterocycles. The van der Waals surface area contributed by atoms with Gasteiger partial charge in [0.15, 0.2) is 12.6 Å². The highest BCUT2D eigenvalue weighted by molar-refractivity contribution is 6.11. The topological polar surface area (TPSA) is 74.2 Å². The van der Waals surface area contributed by atoms with Gasteiger partial charge >= 0.3 is 0 Å². The molecule has 0 aliphatic carbocycles. The van der Waals surface area contributed by atoms with Crippen LogP contribution in [0.25, 0.3) is 12.2 Å². The SMILES string of the molecule is COCOc1ccc(C=CC(=O)c2c(O)cc(OC)c3c2OC(C)(C)C=C3)cc1. The van der Waals surface area contributed by atoms with Crippen LogP contribution in [-0.2, 0) is 4.74 Å². The van der Waals surface area contributed by atoms with Crippen molar-refractivity contribution in [1.29, 1.82) is 0 Å². The fourth-order valence-corrected chi connectivity index (χ4v) is 2.95. The molecular formula is C23H24O6. The Morgan fingerprint density at radius 2 is 1.93 bits per heavy atom. The first-order valence-corrected chi connectivity index (χ1v) is 9.11. The maximum absolute atomic E-state index is 12.9. The number of allylic oxidation sites excluding steroid dienone is 1. The number of aromatic hydroxyl groups is 1. The van der Waals surface area contributed by atoms with E-state index in [1.807, 2.05) is 38.1 Å². The van der Waals surface area contributed by atoms with E-state index < -0.39 is 5.60 Å². The number of hydrogen-bond donors (Lipinski definition) is 1. The monoisotopic (exact) mass is 396 g/mol. The molecule has 0 unspecified atom stereocenters. The molecule has 1 aliphatic rings. The zero-order valence-electron chi connectivity index (χ0n) is 16.9. The van der Waals surface area contributed by atoms with Crippen LogP contribution in [0.4, 0.5) is 0 Å². The van der Waals surface area contributed by atoms with Crippen molar-refractivity contribution in [1.82, 2.24) is 0 Å². The molecule has 6 nitrogen and oxygen atoms in total. The number of rotatable bonds is 7. The van der Waals surface area contributed by atoms with Gasteiger partial charge < -0.3 is 24.1 Å². The summed E-state index contributed by atoms with van der Waals surface area (Å²) in [6.45, 7) is 3.92. The molecule has 0 fully saturated rings. The Hall–Kier alpha value is -3.25. The van der Waals surface area contributed by atoms with Crippen LogP contribution in [0.3, 0.4) is 0 Å². The van der Waals surface area contributed by atoms with E-state index in [0.717, 1.165) is 5.56 Å². The van der Waals surface area contributed by atoms with Gasteiger partial charge in [0, 0.05) is 13.2 Å². The van der Waals surface area contributed by atoms with Gasteiger partial charge in [-0.25, -0.2) is 0 Å². The fourth-order valence-electron chi connectivity index (χ4n) is 2.95. The van der Waals surface area contributed by atoms with Gasteiger partial charge in [0.2, 0.25) is 0 Å². The van der Waals surface area contributed by atoms with Crippen molar-refractivity contribution in [2.75, 3.05) is 21.0 Å². The van der Waals surface area contributed by atoms with E-state index in [-0.39, 0.29) is 23.9 Å². The molecule has 152 valence electrons. The molecular weight excluding hydrogens is 372 g/mol. The second-order valence-corrected chi connectivity index (χ2v) is 7.07. The van der Waals surface area contributed by atoms with Gasteiger partial charge in [-0.3, -0.25) is 4.79 Å². The predicted octanol–water partition coefficient (Wildman–Crippen LogP) is 4.46. The number of fused-ring (bicyclic) bond motifs is 1. The molecule has 0 aromatic heterocycles. The smallest absolute Gasteiger partial charge is 0.193 e. The van der Waals surface area contributed by atoms with E-state index in [1.165, 1.54) is 19.3 Å². The summed E-state index contributed by atoms with van der Waals surface area (Å²) in [6, 6.07) is 8.63. The summed E-state index contributed by atoms with van der Waals surface area (Å²) in [4.78, 5) is 12.9. The highest BCUT2D eigenvalue weighted by Crippen LogP contribution is 2.44. The number of carbonyl (C=O) groups excluding carboxylic acids is 1. The van der Waals surface area contributed by atoms with Gasteiger partial charge in [-0.1, -0.05) is 18.2 Å². The second-order valence-electron chi connectivity index (χ2n) is 7.07. The summed E-state index contributed by atoms with van der Waals surface area (Å²) in [6.07, 6.45) is 6.80. The van der Waals surface area contributed by atoms with Crippen molar-refractivity contribution in [2.45, 2.75) is 19.4 Å². The van der Waals surface area contributed by atoms with E-state index >= 15 is 0 Å². The van der Waals surface area contributed by atoms with Gasteiger partial charge in [0.25, 0.3) is 0 Å². The van der Waals surface area contributed by atoms with Crippen molar-refractivity contribution < 1.29 is 28.8 Å². The summed E-state index contributed by atoms with van der Waals surface area (Å²) in [7, 11) is 3.06. The van der Waals surface area contributed by atoms with Crippen molar-refractivity contribution in [3.8, 4) is 23.0 Å². The zero-order valence-corrected chi connectivity index (χ0v) is 16.9. The Bertz CT molecular complexity index is 954. The lowest BCUT2D eigenvalue weighted by molar-refractivity contribution is 0.0511. The van der Waals surface area contributed by atoms with Gasteiger partial charge in [-0.05, 0) is 49.8 Å². The average Bonchev–Trinajstić information content (AvgIpc) is 2.69. The van der Waals surface area contributed by atoms with Crippen molar-refractivity contribution >= 4 is 17.9 Å². The molecule has 3 rings (SSSR count). The zero-order chi connectivity index (χ0) is 21.0. The number of carbonyl (C=O) groups is 1. The summed E-state index contributed by atoms with van der Waals surface area (Å²) in [5.41, 5.74) is 0.935. The molecule has 0 amide bonds. The van der Waals surface area contributed by atoms with Crippen LogP contribution < -0.4 is 14.2 Å². The largest absolute Gasteiger partial charge is 0.507 e. The number of ether oxygens (including phenoxy) is 4. The van der Waals surface area contributed by atoms with Crippen LogP contribution in [0.5, 0.6) is 23.0 Å².